The smallest absolute Gasteiger partial charge is 0.416 e. The number of aromatic nitrogens is 1. The number of hydrogen-bond donors (Lipinski definition) is 0. The van der Waals surface area contributed by atoms with E-state index in [1.54, 1.807) is 11.0 Å². The lowest BCUT2D eigenvalue weighted by Gasteiger charge is -2.16. The molecule has 0 aromatic carbocycles. The van der Waals surface area contributed by atoms with Crippen molar-refractivity contribution in [3.05, 3.63) is 52.4 Å². The standard InChI is InChI=1S/C17H15F3N2O2S/c18-17(19,20)12-5-7-21-15(10-12)24-13-6-8-22(11-13)16(23)4-3-14-2-1-9-25-14/h1-5,7,9-10,13H,6,8,11H2. The van der Waals surface area contributed by atoms with Crippen LogP contribution in [0.15, 0.2) is 41.9 Å². The average molecular weight is 368 g/mol. The number of hydrogen-bond acceptors (Lipinski definition) is 4. The van der Waals surface area contributed by atoms with Crippen LogP contribution in [0, 0.1) is 0 Å². The van der Waals surface area contributed by atoms with Gasteiger partial charge in [0, 0.05) is 36.2 Å². The van der Waals surface area contributed by atoms with E-state index in [0.29, 0.717) is 19.5 Å². The van der Waals surface area contributed by atoms with Gasteiger partial charge in [0.1, 0.15) is 6.10 Å². The van der Waals surface area contributed by atoms with Gasteiger partial charge in [-0.25, -0.2) is 4.98 Å². The first-order valence-electron chi connectivity index (χ1n) is 7.62. The molecular formula is C17H15F3N2O2S. The van der Waals surface area contributed by atoms with Crippen molar-refractivity contribution in [1.82, 2.24) is 9.88 Å². The maximum Gasteiger partial charge on any atom is 0.416 e. The molecule has 0 spiro atoms. The van der Waals surface area contributed by atoms with E-state index >= 15 is 0 Å². The van der Waals surface area contributed by atoms with Crippen molar-refractivity contribution in [1.29, 1.82) is 0 Å². The molecule has 0 aliphatic carbocycles. The topological polar surface area (TPSA) is 42.4 Å². The summed E-state index contributed by atoms with van der Waals surface area (Å²) in [5.41, 5.74) is -0.803. The second kappa shape index (κ2) is 7.26. The second-order valence-corrected chi connectivity index (χ2v) is 6.52. The number of ether oxygens (including phenoxy) is 1. The van der Waals surface area contributed by atoms with Crippen molar-refractivity contribution < 1.29 is 22.7 Å². The minimum absolute atomic E-state index is 0.0803. The molecule has 132 valence electrons. The summed E-state index contributed by atoms with van der Waals surface area (Å²) in [7, 11) is 0. The van der Waals surface area contributed by atoms with E-state index in [0.717, 1.165) is 23.2 Å². The van der Waals surface area contributed by atoms with Gasteiger partial charge in [-0.05, 0) is 23.6 Å². The van der Waals surface area contributed by atoms with Crippen LogP contribution in [-0.4, -0.2) is 35.0 Å². The summed E-state index contributed by atoms with van der Waals surface area (Å²) < 4.78 is 43.6. The molecule has 1 fully saturated rings. The third-order valence-electron chi connectivity index (χ3n) is 3.74. The molecule has 2 aromatic heterocycles. The fraction of sp³-hybridized carbons (Fsp3) is 0.294. The van der Waals surface area contributed by atoms with Gasteiger partial charge in [0.2, 0.25) is 11.8 Å². The Balaban J connectivity index is 1.57. The lowest BCUT2D eigenvalue weighted by molar-refractivity contribution is -0.137. The lowest BCUT2D eigenvalue weighted by Crippen LogP contribution is -2.29. The zero-order valence-electron chi connectivity index (χ0n) is 13.1. The van der Waals surface area contributed by atoms with E-state index in [1.165, 1.54) is 17.4 Å². The summed E-state index contributed by atoms with van der Waals surface area (Å²) in [6.07, 6.45) is 0.0588. The highest BCUT2D eigenvalue weighted by atomic mass is 32.1. The summed E-state index contributed by atoms with van der Waals surface area (Å²) in [5, 5.41) is 1.92. The van der Waals surface area contributed by atoms with Gasteiger partial charge in [-0.2, -0.15) is 13.2 Å². The maximum absolute atomic E-state index is 12.7. The normalized spacial score (nSPS) is 18.0. The number of carbonyl (C=O) groups excluding carboxylic acids is 1. The van der Waals surface area contributed by atoms with Crippen molar-refractivity contribution in [2.75, 3.05) is 13.1 Å². The average Bonchev–Trinajstić information content (AvgIpc) is 3.24. The zero-order chi connectivity index (χ0) is 17.9. The molecule has 25 heavy (non-hydrogen) atoms. The van der Waals surface area contributed by atoms with Crippen molar-refractivity contribution in [2.24, 2.45) is 0 Å². The van der Waals surface area contributed by atoms with Gasteiger partial charge in [0.05, 0.1) is 12.1 Å². The van der Waals surface area contributed by atoms with E-state index in [9.17, 15) is 18.0 Å². The van der Waals surface area contributed by atoms with Crippen LogP contribution in [0.3, 0.4) is 0 Å². The number of carbonyl (C=O) groups is 1. The number of rotatable bonds is 4. The molecule has 1 atom stereocenters. The molecule has 0 bridgehead atoms. The molecule has 4 nitrogen and oxygen atoms in total. The summed E-state index contributed by atoms with van der Waals surface area (Å²) in [5.74, 6) is -0.222. The molecule has 1 saturated heterocycles. The van der Waals surface area contributed by atoms with Crippen LogP contribution in [0.4, 0.5) is 13.2 Å². The SMILES string of the molecule is O=C(C=Cc1cccs1)N1CCC(Oc2cc(C(F)(F)F)ccn2)C1. The Morgan fingerprint density at radius 2 is 2.24 bits per heavy atom. The quantitative estimate of drug-likeness (QED) is 0.770. The van der Waals surface area contributed by atoms with Crippen LogP contribution in [0.5, 0.6) is 5.88 Å². The number of amides is 1. The minimum Gasteiger partial charge on any atom is -0.472 e. The summed E-state index contributed by atoms with van der Waals surface area (Å²) in [6.45, 7) is 0.822. The first-order valence-corrected chi connectivity index (χ1v) is 8.50. The van der Waals surface area contributed by atoms with E-state index in [4.69, 9.17) is 4.74 Å². The number of halogens is 3. The van der Waals surface area contributed by atoms with Crippen LogP contribution in [0.2, 0.25) is 0 Å². The molecule has 0 saturated carbocycles. The van der Waals surface area contributed by atoms with Crippen LogP contribution >= 0.6 is 11.3 Å². The highest BCUT2D eigenvalue weighted by Gasteiger charge is 2.32. The second-order valence-electron chi connectivity index (χ2n) is 5.54. The van der Waals surface area contributed by atoms with Gasteiger partial charge >= 0.3 is 6.18 Å². The Morgan fingerprint density at radius 1 is 1.40 bits per heavy atom. The summed E-state index contributed by atoms with van der Waals surface area (Å²) >= 11 is 1.53. The number of nitrogens with zero attached hydrogens (tertiary/aromatic N) is 2. The van der Waals surface area contributed by atoms with E-state index < -0.39 is 11.7 Å². The third kappa shape index (κ3) is 4.60. The molecule has 1 unspecified atom stereocenters. The fourth-order valence-electron chi connectivity index (χ4n) is 2.49. The van der Waals surface area contributed by atoms with E-state index in [1.807, 2.05) is 17.5 Å². The molecule has 0 radical (unpaired) electrons. The molecular weight excluding hydrogens is 353 g/mol. The first-order chi connectivity index (χ1) is 11.9. The highest BCUT2D eigenvalue weighted by Crippen LogP contribution is 2.31. The Bertz CT molecular complexity index is 760. The zero-order valence-corrected chi connectivity index (χ0v) is 13.9. The van der Waals surface area contributed by atoms with Gasteiger partial charge in [0.25, 0.3) is 0 Å². The van der Waals surface area contributed by atoms with Gasteiger partial charge in [0.15, 0.2) is 0 Å². The molecule has 0 N–H and O–H groups in total. The van der Waals surface area contributed by atoms with Crippen LogP contribution < -0.4 is 4.74 Å². The van der Waals surface area contributed by atoms with Crippen LogP contribution in [0.25, 0.3) is 6.08 Å². The summed E-state index contributed by atoms with van der Waals surface area (Å²) in [4.78, 5) is 18.6. The molecule has 1 amide bonds. The van der Waals surface area contributed by atoms with Gasteiger partial charge < -0.3 is 9.64 Å². The first kappa shape index (κ1) is 17.5. The number of pyridine rings is 1. The molecule has 8 heteroatoms. The predicted octanol–water partition coefficient (Wildman–Crippen LogP) is 3.86. The number of thiophene rings is 1. The fourth-order valence-corrected chi connectivity index (χ4v) is 3.11. The molecule has 3 rings (SSSR count). The highest BCUT2D eigenvalue weighted by molar-refractivity contribution is 7.10. The van der Waals surface area contributed by atoms with Gasteiger partial charge in [-0.1, -0.05) is 6.07 Å². The Morgan fingerprint density at radius 3 is 2.96 bits per heavy atom. The largest absolute Gasteiger partial charge is 0.472 e. The number of alkyl halides is 3. The molecule has 1 aliphatic heterocycles. The van der Waals surface area contributed by atoms with Crippen molar-refractivity contribution in [3.63, 3.8) is 0 Å². The van der Waals surface area contributed by atoms with Gasteiger partial charge in [-0.15, -0.1) is 11.3 Å². The van der Waals surface area contributed by atoms with E-state index in [-0.39, 0.29) is 17.9 Å². The Labute approximate surface area is 146 Å². The van der Waals surface area contributed by atoms with Crippen molar-refractivity contribution in [2.45, 2.75) is 18.7 Å². The third-order valence-corrected chi connectivity index (χ3v) is 4.58. The number of likely N-dealkylation sites (tertiary alicyclic amines) is 1. The van der Waals surface area contributed by atoms with Crippen molar-refractivity contribution in [3.8, 4) is 5.88 Å². The van der Waals surface area contributed by atoms with E-state index in [2.05, 4.69) is 4.98 Å². The Kier molecular flexibility index (Phi) is 5.08. The van der Waals surface area contributed by atoms with Crippen LogP contribution in [0.1, 0.15) is 16.9 Å². The monoisotopic (exact) mass is 368 g/mol. The van der Waals surface area contributed by atoms with Gasteiger partial charge in [-0.3, -0.25) is 4.79 Å². The Hall–Kier alpha value is -2.35. The maximum atomic E-state index is 12.7. The van der Waals surface area contributed by atoms with Crippen molar-refractivity contribution >= 4 is 23.3 Å². The molecule has 2 aromatic rings. The lowest BCUT2D eigenvalue weighted by atomic mass is 10.2. The predicted molar refractivity (Wildman–Crippen MR) is 88.2 cm³/mol. The van der Waals surface area contributed by atoms with Crippen LogP contribution in [-0.2, 0) is 11.0 Å². The molecule has 1 aliphatic rings. The molecule has 3 heterocycles. The summed E-state index contributed by atoms with van der Waals surface area (Å²) in [6, 6.07) is 5.58. The minimum atomic E-state index is -4.44.